The molecule has 0 saturated carbocycles. The molecule has 0 aliphatic carbocycles. The average molecular weight is 392 g/mol. The lowest BCUT2D eigenvalue weighted by molar-refractivity contribution is 0.169. The largest absolute Gasteiger partial charge is 0.496 e. The fraction of sp³-hybridized carbons (Fsp3) is 0.474. The predicted molar refractivity (Wildman–Crippen MR) is 106 cm³/mol. The summed E-state index contributed by atoms with van der Waals surface area (Å²) in [7, 11) is 1.65. The zero-order valence-corrected chi connectivity index (χ0v) is 16.6. The molecule has 1 aromatic carbocycles. The number of aliphatic imine (C=N–C) groups is 1. The average Bonchev–Trinajstić information content (AvgIpc) is 3.19. The smallest absolute Gasteiger partial charge is 0.194 e. The second-order valence-electron chi connectivity index (χ2n) is 6.38. The zero-order valence-electron chi connectivity index (χ0n) is 15.8. The Balaban J connectivity index is 1.61. The first-order valence-electron chi connectivity index (χ1n) is 9.17. The highest BCUT2D eigenvalue weighted by Crippen LogP contribution is 2.23. The molecule has 0 atom stereocenters. The van der Waals surface area contributed by atoms with Crippen LogP contribution in [0.1, 0.15) is 18.2 Å². The van der Waals surface area contributed by atoms with Gasteiger partial charge in [0.05, 0.1) is 19.3 Å². The minimum atomic E-state index is 0.543. The Hall–Kier alpha value is -2.25. The lowest BCUT2D eigenvalue weighted by atomic mass is 10.2. The van der Waals surface area contributed by atoms with E-state index in [1.807, 2.05) is 24.3 Å². The quantitative estimate of drug-likeness (QED) is 0.603. The third kappa shape index (κ3) is 5.37. The highest BCUT2D eigenvalue weighted by atomic mass is 35.5. The number of nitrogens with zero attached hydrogens (tertiary/aromatic N) is 4. The van der Waals surface area contributed by atoms with Crippen LogP contribution in [0.4, 0.5) is 0 Å². The summed E-state index contributed by atoms with van der Waals surface area (Å²) in [6, 6.07) is 7.56. The fourth-order valence-corrected chi connectivity index (χ4v) is 3.26. The number of rotatable bonds is 6. The number of methoxy groups -OCH3 is 1. The highest BCUT2D eigenvalue weighted by molar-refractivity contribution is 6.30. The van der Waals surface area contributed by atoms with Crippen molar-refractivity contribution in [2.45, 2.75) is 20.0 Å². The molecule has 3 rings (SSSR count). The lowest BCUT2D eigenvalue weighted by Crippen LogP contribution is -2.52. The second kappa shape index (κ2) is 9.62. The first kappa shape index (κ1) is 19.5. The van der Waals surface area contributed by atoms with Gasteiger partial charge in [-0.15, -0.1) is 0 Å². The van der Waals surface area contributed by atoms with E-state index in [1.165, 1.54) is 0 Å². The van der Waals surface area contributed by atoms with Gasteiger partial charge >= 0.3 is 0 Å². The van der Waals surface area contributed by atoms with Gasteiger partial charge in [-0.25, -0.2) is 4.99 Å². The standard InChI is InChI=1S/C19H26ClN5O2/c1-3-21-19(22-13-15-4-5-16(20)12-18(15)26-2)25-9-7-24(8-10-25)14-17-6-11-27-23-17/h4-6,11-12H,3,7-10,13-14H2,1-2H3,(H,21,22). The number of nitrogens with one attached hydrogen (secondary N) is 1. The number of piperazine rings is 1. The minimum Gasteiger partial charge on any atom is -0.496 e. The van der Waals surface area contributed by atoms with E-state index in [9.17, 15) is 0 Å². The summed E-state index contributed by atoms with van der Waals surface area (Å²) in [4.78, 5) is 9.48. The molecule has 7 nitrogen and oxygen atoms in total. The molecule has 1 saturated heterocycles. The van der Waals surface area contributed by atoms with E-state index in [0.717, 1.165) is 62.2 Å². The molecule has 0 radical (unpaired) electrons. The molecule has 1 aliphatic rings. The molecule has 0 spiro atoms. The topological polar surface area (TPSA) is 66.1 Å². The Morgan fingerprint density at radius 1 is 1.30 bits per heavy atom. The van der Waals surface area contributed by atoms with Crippen LogP contribution in [-0.4, -0.2) is 60.7 Å². The van der Waals surface area contributed by atoms with E-state index in [-0.39, 0.29) is 0 Å². The second-order valence-corrected chi connectivity index (χ2v) is 6.82. The number of benzene rings is 1. The molecular formula is C19H26ClN5O2. The maximum Gasteiger partial charge on any atom is 0.194 e. The van der Waals surface area contributed by atoms with Crippen molar-refractivity contribution < 1.29 is 9.26 Å². The van der Waals surface area contributed by atoms with E-state index in [2.05, 4.69) is 27.2 Å². The van der Waals surface area contributed by atoms with Crippen molar-refractivity contribution in [3.8, 4) is 5.75 Å². The number of ether oxygens (including phenoxy) is 1. The summed E-state index contributed by atoms with van der Waals surface area (Å²) < 4.78 is 10.3. The van der Waals surface area contributed by atoms with Gasteiger partial charge in [0, 0.05) is 55.9 Å². The SMILES string of the molecule is CCNC(=NCc1ccc(Cl)cc1OC)N1CCN(Cc2ccon2)CC1. The van der Waals surface area contributed by atoms with Gasteiger partial charge in [0.1, 0.15) is 12.0 Å². The van der Waals surface area contributed by atoms with Crippen LogP contribution in [0.25, 0.3) is 0 Å². The Bertz CT molecular complexity index is 743. The fourth-order valence-electron chi connectivity index (χ4n) is 3.10. The summed E-state index contributed by atoms with van der Waals surface area (Å²) in [5.41, 5.74) is 1.99. The number of halogens is 1. The first-order valence-corrected chi connectivity index (χ1v) is 9.54. The van der Waals surface area contributed by atoms with Gasteiger partial charge in [0.15, 0.2) is 5.96 Å². The number of aromatic nitrogens is 1. The maximum absolute atomic E-state index is 6.04. The van der Waals surface area contributed by atoms with Gasteiger partial charge in [-0.1, -0.05) is 22.8 Å². The Morgan fingerprint density at radius 2 is 2.11 bits per heavy atom. The van der Waals surface area contributed by atoms with Gasteiger partial charge < -0.3 is 19.5 Å². The molecule has 27 heavy (non-hydrogen) atoms. The summed E-state index contributed by atoms with van der Waals surface area (Å²) in [6.07, 6.45) is 1.62. The van der Waals surface area contributed by atoms with Crippen molar-refractivity contribution in [2.75, 3.05) is 39.8 Å². The number of guanidine groups is 1. The third-order valence-corrected chi connectivity index (χ3v) is 4.77. The minimum absolute atomic E-state index is 0.543. The van der Waals surface area contributed by atoms with Crippen molar-refractivity contribution >= 4 is 17.6 Å². The van der Waals surface area contributed by atoms with Crippen molar-refractivity contribution in [1.29, 1.82) is 0 Å². The van der Waals surface area contributed by atoms with Crippen LogP contribution >= 0.6 is 11.6 Å². The van der Waals surface area contributed by atoms with E-state index in [0.29, 0.717) is 11.6 Å². The molecule has 2 aromatic rings. The molecule has 0 bridgehead atoms. The predicted octanol–water partition coefficient (Wildman–Crippen LogP) is 2.62. The van der Waals surface area contributed by atoms with Crippen molar-refractivity contribution in [2.24, 2.45) is 4.99 Å². The van der Waals surface area contributed by atoms with Crippen molar-refractivity contribution in [3.63, 3.8) is 0 Å². The summed E-state index contributed by atoms with van der Waals surface area (Å²) in [5.74, 6) is 1.69. The highest BCUT2D eigenvalue weighted by Gasteiger charge is 2.20. The van der Waals surface area contributed by atoms with Crippen LogP contribution in [-0.2, 0) is 13.1 Å². The molecule has 146 valence electrons. The van der Waals surface area contributed by atoms with Crippen LogP contribution in [0.3, 0.4) is 0 Å². The van der Waals surface area contributed by atoms with Crippen molar-refractivity contribution in [3.05, 3.63) is 46.8 Å². The number of hydrogen-bond acceptors (Lipinski definition) is 5. The summed E-state index contributed by atoms with van der Waals surface area (Å²) >= 11 is 6.04. The van der Waals surface area contributed by atoms with E-state index in [4.69, 9.17) is 25.9 Å². The van der Waals surface area contributed by atoms with E-state index >= 15 is 0 Å². The molecule has 1 N–H and O–H groups in total. The Morgan fingerprint density at radius 3 is 2.78 bits per heavy atom. The summed E-state index contributed by atoms with van der Waals surface area (Å²) in [5, 5.41) is 8.05. The zero-order chi connectivity index (χ0) is 19.1. The Labute approximate surface area is 164 Å². The normalized spacial score (nSPS) is 15.8. The van der Waals surface area contributed by atoms with Gasteiger partial charge in [-0.05, 0) is 19.1 Å². The van der Waals surface area contributed by atoms with E-state index in [1.54, 1.807) is 13.4 Å². The molecule has 1 aromatic heterocycles. The lowest BCUT2D eigenvalue weighted by Gasteiger charge is -2.36. The molecule has 8 heteroatoms. The van der Waals surface area contributed by atoms with Crippen LogP contribution < -0.4 is 10.1 Å². The molecule has 2 heterocycles. The first-order chi connectivity index (χ1) is 13.2. The Kier molecular flexibility index (Phi) is 6.95. The van der Waals surface area contributed by atoms with Crippen LogP contribution in [0.5, 0.6) is 5.75 Å². The molecule has 0 unspecified atom stereocenters. The summed E-state index contributed by atoms with van der Waals surface area (Å²) in [6.45, 7) is 8.03. The molecule has 0 amide bonds. The van der Waals surface area contributed by atoms with Crippen LogP contribution in [0, 0.1) is 0 Å². The van der Waals surface area contributed by atoms with Gasteiger partial charge in [-0.2, -0.15) is 0 Å². The molecular weight excluding hydrogens is 366 g/mol. The monoisotopic (exact) mass is 391 g/mol. The van der Waals surface area contributed by atoms with Crippen LogP contribution in [0.15, 0.2) is 40.0 Å². The van der Waals surface area contributed by atoms with Gasteiger partial charge in [0.2, 0.25) is 0 Å². The van der Waals surface area contributed by atoms with Gasteiger partial charge in [-0.3, -0.25) is 4.90 Å². The van der Waals surface area contributed by atoms with Crippen LogP contribution in [0.2, 0.25) is 5.02 Å². The number of hydrogen-bond donors (Lipinski definition) is 1. The van der Waals surface area contributed by atoms with E-state index < -0.39 is 0 Å². The van der Waals surface area contributed by atoms with Gasteiger partial charge in [0.25, 0.3) is 0 Å². The van der Waals surface area contributed by atoms with Crippen molar-refractivity contribution in [1.82, 2.24) is 20.3 Å². The third-order valence-electron chi connectivity index (χ3n) is 4.53. The maximum atomic E-state index is 6.04. The molecule has 1 aliphatic heterocycles. The molecule has 1 fully saturated rings.